The van der Waals surface area contributed by atoms with E-state index in [4.69, 9.17) is 4.74 Å². The van der Waals surface area contributed by atoms with Crippen LogP contribution in [0.2, 0.25) is 0 Å². The molecule has 9 nitrogen and oxygen atoms in total. The molecule has 0 atom stereocenters. The first-order valence-corrected chi connectivity index (χ1v) is 9.58. The molecule has 0 spiro atoms. The highest BCUT2D eigenvalue weighted by Gasteiger charge is 2.25. The minimum Gasteiger partial charge on any atom is -0.496 e. The largest absolute Gasteiger partial charge is 0.496 e. The first kappa shape index (κ1) is 18.9. The number of nitrogens with zero attached hydrogens (tertiary/aromatic N) is 6. The number of nitrogens with one attached hydrogen (secondary N) is 1. The van der Waals surface area contributed by atoms with Crippen molar-refractivity contribution < 1.29 is 9.53 Å². The van der Waals surface area contributed by atoms with Crippen molar-refractivity contribution in [2.75, 3.05) is 25.1 Å². The molecule has 2 aromatic heterocycles. The van der Waals surface area contributed by atoms with E-state index < -0.39 is 0 Å². The normalized spacial score (nSPS) is 14.6. The van der Waals surface area contributed by atoms with Gasteiger partial charge in [0.05, 0.1) is 7.11 Å². The van der Waals surface area contributed by atoms with E-state index >= 15 is 0 Å². The molecule has 0 aliphatic carbocycles. The summed E-state index contributed by atoms with van der Waals surface area (Å²) in [7, 11) is 1.64. The third kappa shape index (κ3) is 4.34. The van der Waals surface area contributed by atoms with E-state index in [1.165, 1.54) is 6.33 Å². The number of ether oxygens (including phenoxy) is 1. The van der Waals surface area contributed by atoms with E-state index in [0.717, 1.165) is 43.1 Å². The number of carbonyl (C=O) groups excluding carboxylic acids is 1. The Balaban J connectivity index is 1.29. The molecule has 0 saturated carbocycles. The Labute approximate surface area is 168 Å². The van der Waals surface area contributed by atoms with Gasteiger partial charge in [0.15, 0.2) is 11.6 Å². The molecule has 3 aromatic rings. The van der Waals surface area contributed by atoms with Crippen molar-refractivity contribution in [3.05, 3.63) is 54.6 Å². The number of rotatable bonds is 6. The molecule has 150 valence electrons. The van der Waals surface area contributed by atoms with Gasteiger partial charge in [-0.1, -0.05) is 18.2 Å². The number of para-hydroxylation sites is 1. The van der Waals surface area contributed by atoms with Crippen molar-refractivity contribution in [2.24, 2.45) is 5.92 Å². The number of anilines is 1. The van der Waals surface area contributed by atoms with E-state index in [0.29, 0.717) is 12.4 Å². The molecule has 1 saturated heterocycles. The molecule has 1 amide bonds. The molecule has 4 rings (SSSR count). The number of aromatic nitrogens is 5. The van der Waals surface area contributed by atoms with Crippen molar-refractivity contribution in [3.63, 3.8) is 0 Å². The lowest BCUT2D eigenvalue weighted by Gasteiger charge is -2.31. The topological polar surface area (TPSA) is 98.1 Å². The predicted octanol–water partition coefficient (Wildman–Crippen LogP) is 1.60. The first-order chi connectivity index (χ1) is 14.2. The summed E-state index contributed by atoms with van der Waals surface area (Å²) in [6.45, 7) is 2.01. The van der Waals surface area contributed by atoms with Crippen LogP contribution in [0.25, 0.3) is 5.82 Å². The van der Waals surface area contributed by atoms with Crippen LogP contribution in [0.1, 0.15) is 18.4 Å². The van der Waals surface area contributed by atoms with Gasteiger partial charge in [-0.25, -0.2) is 9.67 Å². The van der Waals surface area contributed by atoms with Crippen LogP contribution in [0.4, 0.5) is 5.82 Å². The van der Waals surface area contributed by atoms with Crippen LogP contribution in [-0.4, -0.2) is 51.1 Å². The summed E-state index contributed by atoms with van der Waals surface area (Å²) in [5.41, 5.74) is 0.975. The number of hydrogen-bond acceptors (Lipinski definition) is 7. The second-order valence-corrected chi connectivity index (χ2v) is 6.88. The molecule has 1 aromatic carbocycles. The monoisotopic (exact) mass is 393 g/mol. The lowest BCUT2D eigenvalue weighted by Crippen LogP contribution is -2.40. The SMILES string of the molecule is COc1ccccc1CNC(=O)C1CCN(c2ccc(-n3cncn3)nn2)CC1. The van der Waals surface area contributed by atoms with Crippen LogP contribution in [0.15, 0.2) is 49.1 Å². The molecule has 9 heteroatoms. The molecule has 1 N–H and O–H groups in total. The van der Waals surface area contributed by atoms with Crippen molar-refractivity contribution in [1.29, 1.82) is 0 Å². The minimum absolute atomic E-state index is 0.00309. The molecular weight excluding hydrogens is 370 g/mol. The van der Waals surface area contributed by atoms with Crippen LogP contribution in [-0.2, 0) is 11.3 Å². The van der Waals surface area contributed by atoms with Gasteiger partial charge in [-0.3, -0.25) is 4.79 Å². The fourth-order valence-corrected chi connectivity index (χ4v) is 3.48. The van der Waals surface area contributed by atoms with Crippen LogP contribution >= 0.6 is 0 Å². The van der Waals surface area contributed by atoms with Gasteiger partial charge in [-0.2, -0.15) is 5.10 Å². The summed E-state index contributed by atoms with van der Waals surface area (Å²) < 4.78 is 6.90. The Hall–Kier alpha value is -3.49. The number of piperidine rings is 1. The smallest absolute Gasteiger partial charge is 0.223 e. The number of carbonyl (C=O) groups is 1. The maximum Gasteiger partial charge on any atom is 0.223 e. The van der Waals surface area contributed by atoms with Crippen molar-refractivity contribution in [2.45, 2.75) is 19.4 Å². The summed E-state index contributed by atoms with van der Waals surface area (Å²) in [5, 5.41) is 15.6. The van der Waals surface area contributed by atoms with Gasteiger partial charge in [-0.15, -0.1) is 10.2 Å². The molecule has 1 fully saturated rings. The maximum atomic E-state index is 12.6. The minimum atomic E-state index is 0.00309. The van der Waals surface area contributed by atoms with E-state index in [1.54, 1.807) is 18.1 Å². The first-order valence-electron chi connectivity index (χ1n) is 9.58. The van der Waals surface area contributed by atoms with E-state index in [9.17, 15) is 4.79 Å². The zero-order valence-corrected chi connectivity index (χ0v) is 16.2. The summed E-state index contributed by atoms with van der Waals surface area (Å²) in [6.07, 6.45) is 4.60. The van der Waals surface area contributed by atoms with Gasteiger partial charge >= 0.3 is 0 Å². The quantitative estimate of drug-likeness (QED) is 0.679. The van der Waals surface area contributed by atoms with E-state index in [2.05, 4.69) is 30.5 Å². The fraction of sp³-hybridized carbons (Fsp3) is 0.350. The molecule has 0 radical (unpaired) electrons. The van der Waals surface area contributed by atoms with Crippen LogP contribution in [0, 0.1) is 5.92 Å². The van der Waals surface area contributed by atoms with Crippen LogP contribution < -0.4 is 15.0 Å². The molecule has 0 bridgehead atoms. The van der Waals surface area contributed by atoms with Gasteiger partial charge in [0.25, 0.3) is 0 Å². The zero-order chi connectivity index (χ0) is 20.1. The molecular formula is C20H23N7O2. The third-order valence-electron chi connectivity index (χ3n) is 5.13. The average molecular weight is 393 g/mol. The number of amides is 1. The van der Waals surface area contributed by atoms with Crippen molar-refractivity contribution in [3.8, 4) is 11.6 Å². The van der Waals surface area contributed by atoms with Gasteiger partial charge in [0.2, 0.25) is 5.91 Å². The highest BCUT2D eigenvalue weighted by atomic mass is 16.5. The summed E-state index contributed by atoms with van der Waals surface area (Å²) in [4.78, 5) is 18.6. The second-order valence-electron chi connectivity index (χ2n) is 6.88. The highest BCUT2D eigenvalue weighted by molar-refractivity contribution is 5.79. The van der Waals surface area contributed by atoms with Crippen LogP contribution in [0.5, 0.6) is 5.75 Å². The molecule has 0 unspecified atom stereocenters. The molecule has 29 heavy (non-hydrogen) atoms. The Morgan fingerprint density at radius 2 is 1.90 bits per heavy atom. The summed E-state index contributed by atoms with van der Waals surface area (Å²) >= 11 is 0. The Bertz CT molecular complexity index is 936. The summed E-state index contributed by atoms with van der Waals surface area (Å²) in [5.74, 6) is 2.31. The molecule has 1 aliphatic rings. The number of benzene rings is 1. The van der Waals surface area contributed by atoms with Crippen molar-refractivity contribution in [1.82, 2.24) is 30.3 Å². The predicted molar refractivity (Wildman–Crippen MR) is 107 cm³/mol. The summed E-state index contributed by atoms with van der Waals surface area (Å²) in [6, 6.07) is 11.5. The zero-order valence-electron chi connectivity index (χ0n) is 16.2. The lowest BCUT2D eigenvalue weighted by molar-refractivity contribution is -0.125. The van der Waals surface area contributed by atoms with Gasteiger partial charge < -0.3 is 15.0 Å². The number of hydrogen-bond donors (Lipinski definition) is 1. The highest BCUT2D eigenvalue weighted by Crippen LogP contribution is 2.23. The Kier molecular flexibility index (Phi) is 5.64. The van der Waals surface area contributed by atoms with Crippen LogP contribution in [0.3, 0.4) is 0 Å². The van der Waals surface area contributed by atoms with Gasteiger partial charge in [0, 0.05) is 31.1 Å². The Morgan fingerprint density at radius 1 is 1.14 bits per heavy atom. The third-order valence-corrected chi connectivity index (χ3v) is 5.13. The fourth-order valence-electron chi connectivity index (χ4n) is 3.48. The lowest BCUT2D eigenvalue weighted by atomic mass is 9.96. The van der Waals surface area contributed by atoms with E-state index in [-0.39, 0.29) is 11.8 Å². The maximum absolute atomic E-state index is 12.6. The van der Waals surface area contributed by atoms with Crippen molar-refractivity contribution >= 4 is 11.7 Å². The molecule has 1 aliphatic heterocycles. The van der Waals surface area contributed by atoms with E-state index in [1.807, 2.05) is 36.4 Å². The Morgan fingerprint density at radius 3 is 2.59 bits per heavy atom. The second kappa shape index (κ2) is 8.68. The number of methoxy groups -OCH3 is 1. The standard InChI is InChI=1S/C20H23N7O2/c1-29-17-5-3-2-4-16(17)12-22-20(28)15-8-10-26(11-9-15)18-6-7-19(25-24-18)27-14-21-13-23-27/h2-7,13-15H,8-12H2,1H3,(H,22,28). The van der Waals surface area contributed by atoms with Gasteiger partial charge in [0.1, 0.15) is 18.4 Å². The van der Waals surface area contributed by atoms with Gasteiger partial charge in [-0.05, 0) is 31.0 Å². The average Bonchev–Trinajstić information content (AvgIpc) is 3.33. The molecule has 3 heterocycles.